The molecule has 2 saturated carbocycles. The van der Waals surface area contributed by atoms with E-state index in [2.05, 4.69) is 36.5 Å². The first-order chi connectivity index (χ1) is 14.6. The molecular formula is C25H27N3O2. The van der Waals surface area contributed by atoms with Gasteiger partial charge in [-0.25, -0.2) is 4.98 Å². The van der Waals surface area contributed by atoms with E-state index in [0.29, 0.717) is 29.7 Å². The molecule has 154 valence electrons. The lowest BCUT2D eigenvalue weighted by molar-refractivity contribution is -0.122. The number of carbonyl (C=O) groups excluding carboxylic acids is 1. The molecule has 0 saturated heterocycles. The zero-order valence-corrected chi connectivity index (χ0v) is 17.3. The van der Waals surface area contributed by atoms with Crippen LogP contribution in [-0.2, 0) is 11.2 Å². The average molecular weight is 402 g/mol. The number of rotatable bonds is 7. The standard InChI is InChI=1S/C25H27N3O2/c1-16-6-8-17(9-7-16)24(18-10-11-18)27-23(29)15-14-22-26-21-5-3-2-4-20(21)25(30)28(22)19-12-13-19/h2-9,18-19,24H,10-15H2,1H3,(H,27,29). The summed E-state index contributed by atoms with van der Waals surface area (Å²) in [5.41, 5.74) is 3.13. The van der Waals surface area contributed by atoms with Crippen molar-refractivity contribution in [3.63, 3.8) is 0 Å². The number of aromatic nitrogens is 2. The molecule has 1 aromatic heterocycles. The van der Waals surface area contributed by atoms with E-state index in [1.807, 2.05) is 28.8 Å². The third-order valence-electron chi connectivity index (χ3n) is 6.21. The summed E-state index contributed by atoms with van der Waals surface area (Å²) < 4.78 is 1.83. The van der Waals surface area contributed by atoms with Gasteiger partial charge < -0.3 is 5.32 Å². The van der Waals surface area contributed by atoms with Gasteiger partial charge in [0.2, 0.25) is 5.91 Å². The molecule has 0 aliphatic heterocycles. The van der Waals surface area contributed by atoms with Crippen LogP contribution in [0.25, 0.3) is 10.9 Å². The summed E-state index contributed by atoms with van der Waals surface area (Å²) in [5, 5.41) is 3.91. The van der Waals surface area contributed by atoms with Gasteiger partial charge in [0.15, 0.2) is 0 Å². The number of nitrogens with zero attached hydrogens (tertiary/aromatic N) is 2. The van der Waals surface area contributed by atoms with E-state index in [-0.39, 0.29) is 23.6 Å². The summed E-state index contributed by atoms with van der Waals surface area (Å²) >= 11 is 0. The molecule has 1 heterocycles. The van der Waals surface area contributed by atoms with Gasteiger partial charge in [-0.3, -0.25) is 14.2 Å². The number of benzene rings is 2. The Labute approximate surface area is 176 Å². The van der Waals surface area contributed by atoms with Crippen LogP contribution in [0.3, 0.4) is 0 Å². The van der Waals surface area contributed by atoms with E-state index in [0.717, 1.165) is 31.5 Å². The van der Waals surface area contributed by atoms with E-state index in [9.17, 15) is 9.59 Å². The van der Waals surface area contributed by atoms with Crippen molar-refractivity contribution in [3.05, 3.63) is 75.8 Å². The molecule has 5 heteroatoms. The van der Waals surface area contributed by atoms with E-state index in [4.69, 9.17) is 4.98 Å². The first-order valence-corrected chi connectivity index (χ1v) is 11.0. The predicted octanol–water partition coefficient (Wildman–Crippen LogP) is 4.24. The molecule has 3 aromatic rings. The molecule has 30 heavy (non-hydrogen) atoms. The molecule has 1 N–H and O–H groups in total. The van der Waals surface area contributed by atoms with Crippen molar-refractivity contribution in [3.8, 4) is 0 Å². The molecule has 1 unspecified atom stereocenters. The topological polar surface area (TPSA) is 64.0 Å². The number of aryl methyl sites for hydroxylation is 2. The monoisotopic (exact) mass is 401 g/mol. The van der Waals surface area contributed by atoms with Crippen LogP contribution in [0.4, 0.5) is 0 Å². The Hall–Kier alpha value is -2.95. The Kier molecular flexibility index (Phi) is 4.89. The Morgan fingerprint density at radius 3 is 2.53 bits per heavy atom. The lowest BCUT2D eigenvalue weighted by atomic mass is 10.0. The van der Waals surface area contributed by atoms with Gasteiger partial charge in [0.1, 0.15) is 5.82 Å². The summed E-state index contributed by atoms with van der Waals surface area (Å²) in [6, 6.07) is 16.2. The molecule has 1 amide bonds. The zero-order valence-electron chi connectivity index (χ0n) is 17.3. The van der Waals surface area contributed by atoms with Gasteiger partial charge in [0.05, 0.1) is 16.9 Å². The number of hydrogen-bond acceptors (Lipinski definition) is 3. The van der Waals surface area contributed by atoms with Gasteiger partial charge in [-0.2, -0.15) is 0 Å². The van der Waals surface area contributed by atoms with Gasteiger partial charge >= 0.3 is 0 Å². The minimum Gasteiger partial charge on any atom is -0.349 e. The van der Waals surface area contributed by atoms with Crippen LogP contribution in [0, 0.1) is 12.8 Å². The smallest absolute Gasteiger partial charge is 0.261 e. The normalized spacial score (nSPS) is 17.1. The summed E-state index contributed by atoms with van der Waals surface area (Å²) in [4.78, 5) is 30.6. The second kappa shape index (κ2) is 7.71. The van der Waals surface area contributed by atoms with Crippen molar-refractivity contribution in [1.29, 1.82) is 0 Å². The highest BCUT2D eigenvalue weighted by Gasteiger charge is 2.33. The zero-order chi connectivity index (χ0) is 20.7. The number of carbonyl (C=O) groups is 1. The van der Waals surface area contributed by atoms with Crippen LogP contribution in [0.1, 0.15) is 61.1 Å². The van der Waals surface area contributed by atoms with Crippen LogP contribution < -0.4 is 10.9 Å². The molecular weight excluding hydrogens is 374 g/mol. The summed E-state index contributed by atoms with van der Waals surface area (Å²) in [7, 11) is 0. The predicted molar refractivity (Wildman–Crippen MR) is 117 cm³/mol. The lowest BCUT2D eigenvalue weighted by Gasteiger charge is -2.19. The van der Waals surface area contributed by atoms with Crippen molar-refractivity contribution in [2.45, 2.75) is 57.5 Å². The molecule has 0 spiro atoms. The minimum absolute atomic E-state index is 0.0222. The van der Waals surface area contributed by atoms with Crippen molar-refractivity contribution < 1.29 is 4.79 Å². The van der Waals surface area contributed by atoms with Crippen LogP contribution in [0.5, 0.6) is 0 Å². The lowest BCUT2D eigenvalue weighted by Crippen LogP contribution is -2.31. The molecule has 2 aliphatic rings. The van der Waals surface area contributed by atoms with E-state index in [1.54, 1.807) is 0 Å². The molecule has 0 radical (unpaired) electrons. The van der Waals surface area contributed by atoms with Crippen LogP contribution in [-0.4, -0.2) is 15.5 Å². The fourth-order valence-corrected chi connectivity index (χ4v) is 4.23. The van der Waals surface area contributed by atoms with Crippen molar-refractivity contribution in [2.24, 2.45) is 5.92 Å². The van der Waals surface area contributed by atoms with Gasteiger partial charge in [-0.05, 0) is 56.2 Å². The molecule has 0 bridgehead atoms. The number of fused-ring (bicyclic) bond motifs is 1. The highest BCUT2D eigenvalue weighted by atomic mass is 16.1. The van der Waals surface area contributed by atoms with Crippen LogP contribution in [0.2, 0.25) is 0 Å². The van der Waals surface area contributed by atoms with E-state index >= 15 is 0 Å². The van der Waals surface area contributed by atoms with Crippen molar-refractivity contribution in [1.82, 2.24) is 14.9 Å². The van der Waals surface area contributed by atoms with E-state index < -0.39 is 0 Å². The summed E-state index contributed by atoms with van der Waals surface area (Å²) in [6.45, 7) is 2.07. The van der Waals surface area contributed by atoms with Crippen molar-refractivity contribution in [2.75, 3.05) is 0 Å². The SMILES string of the molecule is Cc1ccc(C(NC(=O)CCc2nc3ccccc3c(=O)n2C2CC2)C2CC2)cc1. The molecule has 2 fully saturated rings. The molecule has 1 atom stereocenters. The number of hydrogen-bond donors (Lipinski definition) is 1. The Balaban J connectivity index is 1.33. The first kappa shape index (κ1) is 19.0. The summed E-state index contributed by atoms with van der Waals surface area (Å²) in [5.74, 6) is 1.28. The highest BCUT2D eigenvalue weighted by molar-refractivity contribution is 5.78. The number of amides is 1. The number of nitrogens with one attached hydrogen (secondary N) is 1. The third kappa shape index (κ3) is 3.89. The molecule has 5 rings (SSSR count). The summed E-state index contributed by atoms with van der Waals surface area (Å²) in [6.07, 6.45) is 5.16. The fraction of sp³-hybridized carbons (Fsp3) is 0.400. The Morgan fingerprint density at radius 2 is 1.83 bits per heavy atom. The maximum atomic E-state index is 13.0. The Morgan fingerprint density at radius 1 is 1.10 bits per heavy atom. The molecule has 2 aliphatic carbocycles. The number of para-hydroxylation sites is 1. The fourth-order valence-electron chi connectivity index (χ4n) is 4.23. The van der Waals surface area contributed by atoms with Crippen LogP contribution in [0.15, 0.2) is 53.3 Å². The van der Waals surface area contributed by atoms with Gasteiger partial charge in [-0.15, -0.1) is 0 Å². The maximum Gasteiger partial charge on any atom is 0.261 e. The first-order valence-electron chi connectivity index (χ1n) is 11.0. The quantitative estimate of drug-likeness (QED) is 0.644. The Bertz CT molecular complexity index is 1140. The maximum absolute atomic E-state index is 13.0. The molecule has 5 nitrogen and oxygen atoms in total. The highest BCUT2D eigenvalue weighted by Crippen LogP contribution is 2.41. The average Bonchev–Trinajstić information content (AvgIpc) is 3.65. The second-order valence-electron chi connectivity index (χ2n) is 8.74. The van der Waals surface area contributed by atoms with Crippen molar-refractivity contribution >= 4 is 16.8 Å². The van der Waals surface area contributed by atoms with Gasteiger partial charge in [-0.1, -0.05) is 42.0 Å². The van der Waals surface area contributed by atoms with Crippen LogP contribution >= 0.6 is 0 Å². The van der Waals surface area contributed by atoms with E-state index in [1.165, 1.54) is 11.1 Å². The minimum atomic E-state index is 0.0222. The second-order valence-corrected chi connectivity index (χ2v) is 8.74. The third-order valence-corrected chi connectivity index (χ3v) is 6.21. The van der Waals surface area contributed by atoms with Gasteiger partial charge in [0.25, 0.3) is 5.56 Å². The van der Waals surface area contributed by atoms with Gasteiger partial charge in [0, 0.05) is 18.9 Å². The largest absolute Gasteiger partial charge is 0.349 e. The molecule has 2 aromatic carbocycles.